The molecule has 1 amide bonds. The van der Waals surface area contributed by atoms with Gasteiger partial charge in [0.25, 0.3) is 0 Å². The maximum Gasteiger partial charge on any atom is 0.238 e. The Balaban J connectivity index is 1.41. The average Bonchev–Trinajstić information content (AvgIpc) is 2.70. The molecule has 0 spiro atoms. The Hall–Kier alpha value is -2.77. The molecule has 1 aliphatic heterocycles. The van der Waals surface area contributed by atoms with E-state index in [9.17, 15) is 9.59 Å². The second-order valence-electron chi connectivity index (χ2n) is 6.94. The van der Waals surface area contributed by atoms with Crippen LogP contribution in [0.15, 0.2) is 42.6 Å². The molecule has 0 saturated carbocycles. The van der Waals surface area contributed by atoms with Gasteiger partial charge in [0.2, 0.25) is 11.8 Å². The molecule has 2 heterocycles. The van der Waals surface area contributed by atoms with Gasteiger partial charge in [-0.05, 0) is 36.8 Å². The third kappa shape index (κ3) is 5.61. The highest BCUT2D eigenvalue weighted by Crippen LogP contribution is 2.12. The van der Waals surface area contributed by atoms with Gasteiger partial charge in [-0.2, -0.15) is 0 Å². The summed E-state index contributed by atoms with van der Waals surface area (Å²) in [6, 6.07) is 10.9. The Morgan fingerprint density at radius 3 is 2.29 bits per heavy atom. The Morgan fingerprint density at radius 2 is 1.71 bits per heavy atom. The number of nitrogens with one attached hydrogen (secondary N) is 1. The van der Waals surface area contributed by atoms with Gasteiger partial charge in [0, 0.05) is 56.2 Å². The largest absolute Gasteiger partial charge is 0.481 e. The number of ether oxygens (including phenoxy) is 1. The van der Waals surface area contributed by atoms with E-state index >= 15 is 0 Å². The number of aromatic nitrogens is 1. The summed E-state index contributed by atoms with van der Waals surface area (Å²) in [7, 11) is 1.61. The molecule has 0 unspecified atom stereocenters. The average molecular weight is 382 g/mol. The zero-order valence-electron chi connectivity index (χ0n) is 16.4. The highest BCUT2D eigenvalue weighted by molar-refractivity contribution is 5.96. The van der Waals surface area contributed by atoms with E-state index in [0.29, 0.717) is 23.7 Å². The lowest BCUT2D eigenvalue weighted by molar-refractivity contribution is -0.117. The topological polar surface area (TPSA) is 74.8 Å². The van der Waals surface area contributed by atoms with Gasteiger partial charge >= 0.3 is 0 Å². The maximum atomic E-state index is 12.3. The fraction of sp³-hybridized carbons (Fsp3) is 0.381. The Morgan fingerprint density at radius 1 is 1.04 bits per heavy atom. The molecule has 1 N–H and O–H groups in total. The Kier molecular flexibility index (Phi) is 6.73. The molecule has 0 radical (unpaired) electrons. The van der Waals surface area contributed by atoms with Crippen molar-refractivity contribution >= 4 is 17.4 Å². The second kappa shape index (κ2) is 9.43. The molecule has 1 aromatic carbocycles. The zero-order valence-corrected chi connectivity index (χ0v) is 16.4. The van der Waals surface area contributed by atoms with Crippen LogP contribution in [0.3, 0.4) is 0 Å². The van der Waals surface area contributed by atoms with Crippen LogP contribution in [0.1, 0.15) is 22.8 Å². The summed E-state index contributed by atoms with van der Waals surface area (Å²) in [6.45, 7) is 6.25. The smallest absolute Gasteiger partial charge is 0.238 e. The number of amides is 1. The molecule has 148 valence electrons. The van der Waals surface area contributed by atoms with Gasteiger partial charge in [-0.25, -0.2) is 4.98 Å². The highest BCUT2D eigenvalue weighted by Gasteiger charge is 2.19. The van der Waals surface area contributed by atoms with E-state index in [1.54, 1.807) is 31.4 Å². The first kappa shape index (κ1) is 20.0. The first-order chi connectivity index (χ1) is 13.5. The molecule has 1 aromatic heterocycles. The summed E-state index contributed by atoms with van der Waals surface area (Å²) in [4.78, 5) is 32.3. The molecule has 0 bridgehead atoms. The van der Waals surface area contributed by atoms with Crippen LogP contribution in [-0.4, -0.2) is 66.3 Å². The third-order valence-electron chi connectivity index (χ3n) is 4.82. The van der Waals surface area contributed by atoms with Gasteiger partial charge in [0.1, 0.15) is 0 Å². The zero-order chi connectivity index (χ0) is 19.9. The minimum Gasteiger partial charge on any atom is -0.481 e. The highest BCUT2D eigenvalue weighted by atomic mass is 16.5. The van der Waals surface area contributed by atoms with Crippen molar-refractivity contribution in [3.05, 3.63) is 53.7 Å². The SMILES string of the molecule is COc1ccc(CN2CCN(CC(=O)Nc3ccc(C(C)=O)cc3)CC2)cn1. The van der Waals surface area contributed by atoms with Gasteiger partial charge in [0.05, 0.1) is 13.7 Å². The summed E-state index contributed by atoms with van der Waals surface area (Å²) in [6.07, 6.45) is 1.84. The molecular formula is C21H26N4O3. The van der Waals surface area contributed by atoms with Gasteiger partial charge < -0.3 is 10.1 Å². The van der Waals surface area contributed by atoms with Gasteiger partial charge in [0.15, 0.2) is 5.78 Å². The standard InChI is InChI=1S/C21H26N4O3/c1-16(26)18-4-6-19(7-5-18)23-20(27)15-25-11-9-24(10-12-25)14-17-3-8-21(28-2)22-13-17/h3-8,13H,9-12,14-15H2,1-2H3,(H,23,27). The quantitative estimate of drug-likeness (QED) is 0.739. The lowest BCUT2D eigenvalue weighted by Crippen LogP contribution is -2.48. The van der Waals surface area contributed by atoms with E-state index in [1.165, 1.54) is 6.92 Å². The van der Waals surface area contributed by atoms with E-state index in [0.717, 1.165) is 38.3 Å². The lowest BCUT2D eigenvalue weighted by Gasteiger charge is -2.34. The van der Waals surface area contributed by atoms with E-state index in [-0.39, 0.29) is 11.7 Å². The van der Waals surface area contributed by atoms with Crippen molar-refractivity contribution in [3.8, 4) is 5.88 Å². The maximum absolute atomic E-state index is 12.3. The molecule has 0 atom stereocenters. The van der Waals surface area contributed by atoms with Crippen molar-refractivity contribution in [2.24, 2.45) is 0 Å². The molecule has 2 aromatic rings. The number of carbonyl (C=O) groups is 2. The monoisotopic (exact) mass is 382 g/mol. The Labute approximate surface area is 165 Å². The number of benzene rings is 1. The number of ketones is 1. The van der Waals surface area contributed by atoms with Gasteiger partial charge in [-0.15, -0.1) is 0 Å². The summed E-state index contributed by atoms with van der Waals surface area (Å²) in [5.74, 6) is 0.597. The molecule has 1 fully saturated rings. The minimum atomic E-state index is -0.0385. The van der Waals surface area contributed by atoms with Crippen LogP contribution in [-0.2, 0) is 11.3 Å². The van der Waals surface area contributed by atoms with Crippen molar-refractivity contribution < 1.29 is 14.3 Å². The van der Waals surface area contributed by atoms with Crippen molar-refractivity contribution in [2.75, 3.05) is 45.2 Å². The van der Waals surface area contributed by atoms with Crippen LogP contribution in [0.5, 0.6) is 5.88 Å². The van der Waals surface area contributed by atoms with E-state index < -0.39 is 0 Å². The predicted molar refractivity (Wildman–Crippen MR) is 108 cm³/mol. The molecule has 1 aliphatic rings. The summed E-state index contributed by atoms with van der Waals surface area (Å²) >= 11 is 0. The van der Waals surface area contributed by atoms with E-state index in [2.05, 4.69) is 20.1 Å². The number of Topliss-reactive ketones (excluding diaryl/α,β-unsaturated/α-hetero) is 1. The number of hydrogen-bond acceptors (Lipinski definition) is 6. The number of pyridine rings is 1. The first-order valence-electron chi connectivity index (χ1n) is 9.38. The van der Waals surface area contributed by atoms with Gasteiger partial charge in [-0.3, -0.25) is 19.4 Å². The number of rotatable bonds is 7. The number of piperazine rings is 1. The van der Waals surface area contributed by atoms with Crippen LogP contribution in [0, 0.1) is 0 Å². The fourth-order valence-corrected chi connectivity index (χ4v) is 3.18. The molecular weight excluding hydrogens is 356 g/mol. The molecule has 28 heavy (non-hydrogen) atoms. The fourth-order valence-electron chi connectivity index (χ4n) is 3.18. The minimum absolute atomic E-state index is 0.0150. The number of carbonyl (C=O) groups excluding carboxylic acids is 2. The molecule has 3 rings (SSSR count). The molecule has 7 heteroatoms. The van der Waals surface area contributed by atoms with E-state index in [4.69, 9.17) is 4.74 Å². The summed E-state index contributed by atoms with van der Waals surface area (Å²) < 4.78 is 5.08. The van der Waals surface area contributed by atoms with Crippen molar-refractivity contribution in [1.29, 1.82) is 0 Å². The molecule has 7 nitrogen and oxygen atoms in total. The van der Waals surface area contributed by atoms with E-state index in [1.807, 2.05) is 18.3 Å². The van der Waals surface area contributed by atoms with Crippen molar-refractivity contribution in [2.45, 2.75) is 13.5 Å². The molecule has 0 aliphatic carbocycles. The predicted octanol–water partition coefficient (Wildman–Crippen LogP) is 2.05. The van der Waals surface area contributed by atoms with Crippen LogP contribution in [0.25, 0.3) is 0 Å². The second-order valence-corrected chi connectivity index (χ2v) is 6.94. The molecule has 1 saturated heterocycles. The first-order valence-corrected chi connectivity index (χ1v) is 9.38. The number of methoxy groups -OCH3 is 1. The van der Waals surface area contributed by atoms with Crippen molar-refractivity contribution in [3.63, 3.8) is 0 Å². The number of nitrogens with zero attached hydrogens (tertiary/aromatic N) is 3. The lowest BCUT2D eigenvalue weighted by atomic mass is 10.1. The summed E-state index contributed by atoms with van der Waals surface area (Å²) in [5, 5.41) is 2.89. The van der Waals surface area contributed by atoms with Crippen molar-refractivity contribution in [1.82, 2.24) is 14.8 Å². The van der Waals surface area contributed by atoms with Crippen LogP contribution in [0.4, 0.5) is 5.69 Å². The van der Waals surface area contributed by atoms with Crippen LogP contribution >= 0.6 is 0 Å². The van der Waals surface area contributed by atoms with Crippen LogP contribution in [0.2, 0.25) is 0 Å². The Bertz CT molecular complexity index is 797. The number of anilines is 1. The number of hydrogen-bond donors (Lipinski definition) is 1. The van der Waals surface area contributed by atoms with Gasteiger partial charge in [-0.1, -0.05) is 6.07 Å². The normalized spacial score (nSPS) is 15.2. The third-order valence-corrected chi connectivity index (χ3v) is 4.82. The summed E-state index contributed by atoms with van der Waals surface area (Å²) in [5.41, 5.74) is 2.50. The van der Waals surface area contributed by atoms with Crippen LogP contribution < -0.4 is 10.1 Å².